The largest absolute Gasteiger partial charge is 0.464 e. The molecular formula is C24H39Cl4N5O3. The second-order valence-electron chi connectivity index (χ2n) is 8.71. The van der Waals surface area contributed by atoms with Crippen LogP contribution in [0.5, 0.6) is 0 Å². The van der Waals surface area contributed by atoms with Crippen LogP contribution in [0, 0.1) is 5.92 Å². The van der Waals surface area contributed by atoms with Gasteiger partial charge in [0, 0.05) is 44.0 Å². The summed E-state index contributed by atoms with van der Waals surface area (Å²) in [4.78, 5) is 31.8. The molecule has 2 rings (SSSR count). The van der Waals surface area contributed by atoms with E-state index in [-0.39, 0.29) is 43.2 Å². The molecule has 12 heteroatoms. The highest BCUT2D eigenvalue weighted by molar-refractivity contribution is 6.18. The van der Waals surface area contributed by atoms with Gasteiger partial charge in [-0.15, -0.1) is 48.0 Å². The van der Waals surface area contributed by atoms with Gasteiger partial charge in [0.05, 0.1) is 23.7 Å². The van der Waals surface area contributed by atoms with Crippen LogP contribution in [0.1, 0.15) is 39.4 Å². The van der Waals surface area contributed by atoms with Crippen LogP contribution in [-0.4, -0.2) is 65.0 Å². The van der Waals surface area contributed by atoms with Crippen molar-refractivity contribution in [2.45, 2.75) is 52.1 Å². The number of aromatic nitrogens is 2. The second-order valence-corrected chi connectivity index (χ2v) is 9.47. The number of hydrogen-bond acceptors (Lipinski definition) is 6. The van der Waals surface area contributed by atoms with Crippen molar-refractivity contribution in [3.63, 3.8) is 0 Å². The van der Waals surface area contributed by atoms with E-state index in [4.69, 9.17) is 38.7 Å². The summed E-state index contributed by atoms with van der Waals surface area (Å²) in [6.45, 7) is 7.38. The van der Waals surface area contributed by atoms with E-state index < -0.39 is 18.1 Å². The van der Waals surface area contributed by atoms with E-state index in [1.54, 1.807) is 6.92 Å². The molecule has 2 aromatic rings. The summed E-state index contributed by atoms with van der Waals surface area (Å²) in [5, 5.41) is 2.76. The summed E-state index contributed by atoms with van der Waals surface area (Å²) < 4.78 is 7.11. The molecule has 0 fully saturated rings. The third-order valence-electron chi connectivity index (χ3n) is 5.64. The lowest BCUT2D eigenvalue weighted by Gasteiger charge is -2.22. The van der Waals surface area contributed by atoms with Crippen LogP contribution in [0.25, 0.3) is 11.0 Å². The number of fused-ring (bicyclic) bond motifs is 1. The lowest BCUT2D eigenvalue weighted by Crippen LogP contribution is -2.49. The van der Waals surface area contributed by atoms with Crippen LogP contribution in [0.3, 0.4) is 0 Å². The summed E-state index contributed by atoms with van der Waals surface area (Å²) >= 11 is 11.9. The minimum atomic E-state index is -0.762. The van der Waals surface area contributed by atoms with Crippen molar-refractivity contribution in [2.24, 2.45) is 18.7 Å². The molecular weight excluding hydrogens is 548 g/mol. The van der Waals surface area contributed by atoms with Crippen LogP contribution in [0.15, 0.2) is 18.2 Å². The molecule has 1 amide bonds. The van der Waals surface area contributed by atoms with Gasteiger partial charge in [-0.05, 0) is 43.9 Å². The molecule has 0 bridgehead atoms. The predicted molar refractivity (Wildman–Crippen MR) is 153 cm³/mol. The van der Waals surface area contributed by atoms with E-state index in [1.807, 2.05) is 43.7 Å². The number of rotatable bonds is 14. The van der Waals surface area contributed by atoms with E-state index in [9.17, 15) is 9.59 Å². The summed E-state index contributed by atoms with van der Waals surface area (Å²) in [6, 6.07) is 4.63. The first-order chi connectivity index (χ1) is 16.2. The number of benzene rings is 1. The highest BCUT2D eigenvalue weighted by Gasteiger charge is 2.26. The quantitative estimate of drug-likeness (QED) is 0.256. The maximum atomic E-state index is 12.7. The van der Waals surface area contributed by atoms with Gasteiger partial charge in [-0.3, -0.25) is 4.79 Å². The average molecular weight is 587 g/mol. The van der Waals surface area contributed by atoms with Crippen LogP contribution in [0.4, 0.5) is 5.69 Å². The Bertz CT molecular complexity index is 951. The fourth-order valence-electron chi connectivity index (χ4n) is 3.86. The number of imidazole rings is 1. The molecule has 0 aliphatic rings. The molecule has 0 aliphatic heterocycles. The number of esters is 1. The SMILES string of the molecule is CCOC(=O)C(CC(C)C)NC(=O)C(N)CCc1nc2cc(N(CCCl)CCCl)ccc2n1C.Cl.Cl. The fraction of sp³-hybridized carbons (Fsp3) is 0.625. The van der Waals surface area contributed by atoms with Gasteiger partial charge in [-0.1, -0.05) is 13.8 Å². The molecule has 0 spiro atoms. The van der Waals surface area contributed by atoms with Gasteiger partial charge in [0.1, 0.15) is 11.9 Å². The monoisotopic (exact) mass is 585 g/mol. The standard InChI is InChI=1S/C24H37Cl2N5O3.2ClH/c1-5-34-24(33)20(14-16(2)3)29-23(32)18(27)7-9-22-28-19-15-17(6-8-21(19)30(22)4)31(12-10-25)13-11-26;;/h6,8,15-16,18,20H,5,7,9-14,27H2,1-4H3,(H,29,32);2*1H. The van der Waals surface area contributed by atoms with Crippen molar-refractivity contribution >= 4 is 76.6 Å². The molecule has 3 N–H and O–H groups in total. The lowest BCUT2D eigenvalue weighted by molar-refractivity contribution is -0.148. The zero-order valence-electron chi connectivity index (χ0n) is 21.3. The highest BCUT2D eigenvalue weighted by atomic mass is 35.5. The number of carbonyl (C=O) groups excluding carboxylic acids is 2. The minimum Gasteiger partial charge on any atom is -0.464 e. The van der Waals surface area contributed by atoms with Crippen molar-refractivity contribution in [2.75, 3.05) is 36.4 Å². The Kier molecular flexibility index (Phi) is 16.4. The number of aryl methyl sites for hydroxylation is 2. The number of amides is 1. The maximum absolute atomic E-state index is 12.7. The normalized spacial score (nSPS) is 12.4. The van der Waals surface area contributed by atoms with Gasteiger partial charge in [0.25, 0.3) is 0 Å². The van der Waals surface area contributed by atoms with Crippen LogP contribution in [-0.2, 0) is 27.8 Å². The third kappa shape index (κ3) is 9.78. The summed E-state index contributed by atoms with van der Waals surface area (Å²) in [5.74, 6) is 1.28. The molecule has 1 heterocycles. The Labute approximate surface area is 236 Å². The second kappa shape index (κ2) is 17.1. The van der Waals surface area contributed by atoms with E-state index in [0.29, 0.717) is 44.1 Å². The third-order valence-corrected chi connectivity index (χ3v) is 5.98. The minimum absolute atomic E-state index is 0. The Hall–Kier alpha value is -1.45. The number of nitrogens with zero attached hydrogens (tertiary/aromatic N) is 3. The maximum Gasteiger partial charge on any atom is 0.328 e. The zero-order valence-corrected chi connectivity index (χ0v) is 24.5. The molecule has 206 valence electrons. The lowest BCUT2D eigenvalue weighted by atomic mass is 10.0. The Morgan fingerprint density at radius 2 is 1.83 bits per heavy atom. The van der Waals surface area contributed by atoms with Gasteiger partial charge in [0.2, 0.25) is 5.91 Å². The Morgan fingerprint density at radius 1 is 1.19 bits per heavy atom. The van der Waals surface area contributed by atoms with Gasteiger partial charge < -0.3 is 25.3 Å². The number of halogens is 4. The van der Waals surface area contributed by atoms with E-state index in [0.717, 1.165) is 22.5 Å². The number of nitrogens with one attached hydrogen (secondary N) is 1. The van der Waals surface area contributed by atoms with Gasteiger partial charge >= 0.3 is 5.97 Å². The first kappa shape index (κ1) is 34.6. The number of anilines is 1. The van der Waals surface area contributed by atoms with E-state index in [1.165, 1.54) is 0 Å². The van der Waals surface area contributed by atoms with Gasteiger partial charge in [-0.2, -0.15) is 0 Å². The number of nitrogens with two attached hydrogens (primary N) is 1. The van der Waals surface area contributed by atoms with Gasteiger partial charge in [-0.25, -0.2) is 9.78 Å². The van der Waals surface area contributed by atoms with Crippen LogP contribution < -0.4 is 16.0 Å². The van der Waals surface area contributed by atoms with Gasteiger partial charge in [0.15, 0.2) is 0 Å². The van der Waals surface area contributed by atoms with Crippen molar-refractivity contribution in [3.05, 3.63) is 24.0 Å². The highest BCUT2D eigenvalue weighted by Crippen LogP contribution is 2.23. The zero-order chi connectivity index (χ0) is 25.3. The van der Waals surface area contributed by atoms with E-state index in [2.05, 4.69) is 10.2 Å². The molecule has 0 saturated carbocycles. The summed E-state index contributed by atoms with van der Waals surface area (Å²) in [7, 11) is 1.95. The Morgan fingerprint density at radius 3 is 2.39 bits per heavy atom. The predicted octanol–water partition coefficient (Wildman–Crippen LogP) is 4.05. The smallest absolute Gasteiger partial charge is 0.328 e. The summed E-state index contributed by atoms with van der Waals surface area (Å²) in [5.41, 5.74) is 9.03. The molecule has 36 heavy (non-hydrogen) atoms. The number of hydrogen-bond donors (Lipinski definition) is 2. The fourth-order valence-corrected chi connectivity index (χ4v) is 4.26. The number of ether oxygens (including phenoxy) is 1. The first-order valence-electron chi connectivity index (χ1n) is 11.8. The molecule has 2 atom stereocenters. The molecule has 0 saturated heterocycles. The average Bonchev–Trinajstić information content (AvgIpc) is 3.11. The molecule has 8 nitrogen and oxygen atoms in total. The van der Waals surface area contributed by atoms with Crippen molar-refractivity contribution in [1.29, 1.82) is 0 Å². The molecule has 0 aliphatic carbocycles. The first-order valence-corrected chi connectivity index (χ1v) is 12.8. The van der Waals surface area contributed by atoms with Crippen LogP contribution >= 0.6 is 48.0 Å². The van der Waals surface area contributed by atoms with Crippen molar-refractivity contribution < 1.29 is 14.3 Å². The molecule has 1 aromatic carbocycles. The molecule has 2 unspecified atom stereocenters. The van der Waals surface area contributed by atoms with Crippen molar-refractivity contribution in [1.82, 2.24) is 14.9 Å². The van der Waals surface area contributed by atoms with E-state index >= 15 is 0 Å². The number of alkyl halides is 2. The topological polar surface area (TPSA) is 102 Å². The Balaban J connectivity index is 0.00000612. The van der Waals surface area contributed by atoms with Crippen LogP contribution in [0.2, 0.25) is 0 Å². The van der Waals surface area contributed by atoms with Crippen molar-refractivity contribution in [3.8, 4) is 0 Å². The molecule has 1 aromatic heterocycles. The number of carbonyl (C=O) groups is 2. The molecule has 0 radical (unpaired) electrons. The summed E-state index contributed by atoms with van der Waals surface area (Å²) in [6.07, 6.45) is 1.42.